The first-order valence-electron chi connectivity index (χ1n) is 12.2. The van der Waals surface area contributed by atoms with E-state index in [1.807, 2.05) is 4.72 Å². The van der Waals surface area contributed by atoms with Gasteiger partial charge < -0.3 is 5.32 Å². The minimum absolute atomic E-state index is 0.0379. The number of anilines is 1. The van der Waals surface area contributed by atoms with E-state index in [1.54, 1.807) is 36.4 Å². The molecule has 0 radical (unpaired) electrons. The van der Waals surface area contributed by atoms with Crippen molar-refractivity contribution >= 4 is 50.0 Å². The van der Waals surface area contributed by atoms with Gasteiger partial charge in [0.15, 0.2) is 5.78 Å². The number of rotatable bonds is 6. The van der Waals surface area contributed by atoms with Gasteiger partial charge in [0.05, 0.1) is 16.1 Å². The summed E-state index contributed by atoms with van der Waals surface area (Å²) in [5, 5.41) is 2.39. The monoisotopic (exact) mass is 609 g/mol. The topological polar surface area (TPSA) is 105 Å². The number of para-hydroxylation sites is 1. The number of halogens is 4. The van der Waals surface area contributed by atoms with Gasteiger partial charge in [0.2, 0.25) is 0 Å². The molecular weight excluding hydrogens is 591 g/mol. The number of sulfonamides is 1. The molecule has 0 fully saturated rings. The van der Waals surface area contributed by atoms with Crippen LogP contribution in [0.15, 0.2) is 108 Å². The lowest BCUT2D eigenvalue weighted by Crippen LogP contribution is -2.34. The van der Waals surface area contributed by atoms with Crippen molar-refractivity contribution in [3.05, 3.63) is 125 Å². The SMILES string of the molecule is O=C(Nc1cccc(-c2c(C(=O)c3ccccc3)cnc3c(C(F)(F)F)cccc23)c1)NS(=O)(=O)c1ccccc1Cl. The molecule has 0 aliphatic carbocycles. The van der Waals surface area contributed by atoms with Gasteiger partial charge in [-0.1, -0.05) is 78.3 Å². The number of alkyl halides is 3. The Morgan fingerprint density at radius 3 is 2.24 bits per heavy atom. The van der Waals surface area contributed by atoms with Crippen LogP contribution in [0.25, 0.3) is 22.0 Å². The molecule has 0 bridgehead atoms. The zero-order valence-corrected chi connectivity index (χ0v) is 22.9. The fourth-order valence-electron chi connectivity index (χ4n) is 4.43. The van der Waals surface area contributed by atoms with E-state index in [4.69, 9.17) is 11.6 Å². The van der Waals surface area contributed by atoms with Crippen LogP contribution in [0.2, 0.25) is 5.02 Å². The van der Waals surface area contributed by atoms with Crippen molar-refractivity contribution in [1.82, 2.24) is 9.71 Å². The lowest BCUT2D eigenvalue weighted by atomic mass is 9.91. The predicted octanol–water partition coefficient (Wildman–Crippen LogP) is 7.32. The first-order valence-corrected chi connectivity index (χ1v) is 14.1. The number of hydrogen-bond acceptors (Lipinski definition) is 5. The zero-order valence-electron chi connectivity index (χ0n) is 21.3. The molecule has 5 rings (SSSR count). The van der Waals surface area contributed by atoms with Gasteiger partial charge in [-0.05, 0) is 35.9 Å². The van der Waals surface area contributed by atoms with Gasteiger partial charge in [0.25, 0.3) is 10.0 Å². The normalized spacial score (nSPS) is 11.7. The Bertz CT molecular complexity index is 1950. The van der Waals surface area contributed by atoms with Crippen LogP contribution >= 0.6 is 11.6 Å². The number of aromatic nitrogens is 1. The highest BCUT2D eigenvalue weighted by atomic mass is 35.5. The lowest BCUT2D eigenvalue weighted by molar-refractivity contribution is -0.136. The summed E-state index contributed by atoms with van der Waals surface area (Å²) in [7, 11) is -4.32. The predicted molar refractivity (Wildman–Crippen MR) is 153 cm³/mol. The van der Waals surface area contributed by atoms with Crippen LogP contribution in [-0.2, 0) is 16.2 Å². The van der Waals surface area contributed by atoms with Crippen LogP contribution in [0.1, 0.15) is 21.5 Å². The molecule has 42 heavy (non-hydrogen) atoms. The van der Waals surface area contributed by atoms with Crippen molar-refractivity contribution in [3.63, 3.8) is 0 Å². The van der Waals surface area contributed by atoms with Crippen LogP contribution in [0.4, 0.5) is 23.7 Å². The molecule has 0 atom stereocenters. The Morgan fingerprint density at radius 1 is 0.833 bits per heavy atom. The van der Waals surface area contributed by atoms with E-state index in [0.29, 0.717) is 5.56 Å². The Labute approximate surface area is 243 Å². The number of pyridine rings is 1. The summed E-state index contributed by atoms with van der Waals surface area (Å²) in [4.78, 5) is 29.9. The van der Waals surface area contributed by atoms with Gasteiger partial charge in [-0.25, -0.2) is 17.9 Å². The molecule has 4 aromatic carbocycles. The van der Waals surface area contributed by atoms with Crippen LogP contribution in [-0.4, -0.2) is 25.2 Å². The molecule has 212 valence electrons. The maximum Gasteiger partial charge on any atom is 0.418 e. The first-order chi connectivity index (χ1) is 20.0. The third kappa shape index (κ3) is 5.83. The molecule has 0 aliphatic rings. The lowest BCUT2D eigenvalue weighted by Gasteiger charge is -2.16. The largest absolute Gasteiger partial charge is 0.418 e. The van der Waals surface area contributed by atoms with Crippen molar-refractivity contribution < 1.29 is 31.2 Å². The smallest absolute Gasteiger partial charge is 0.307 e. The summed E-state index contributed by atoms with van der Waals surface area (Å²) in [6.45, 7) is 0. The van der Waals surface area contributed by atoms with E-state index in [9.17, 15) is 31.2 Å². The standard InChI is InChI=1S/C30H19ClF3N3O4S/c31-24-14-4-5-15-25(24)42(40,41)37-29(39)36-20-11-6-10-19(16-20)26-21-12-7-13-23(30(32,33)34)27(21)35-17-22(26)28(38)18-8-2-1-3-9-18/h1-17H,(H2,36,37,39). The number of ketones is 1. The van der Waals surface area contributed by atoms with Gasteiger partial charge in [0, 0.05) is 34.0 Å². The Balaban J connectivity index is 1.58. The number of nitrogens with one attached hydrogen (secondary N) is 2. The number of carbonyl (C=O) groups excluding carboxylic acids is 2. The Morgan fingerprint density at radius 2 is 1.52 bits per heavy atom. The summed E-state index contributed by atoms with van der Waals surface area (Å²) < 4.78 is 68.7. The molecule has 5 aromatic rings. The maximum absolute atomic E-state index is 13.8. The van der Waals surface area contributed by atoms with Crippen molar-refractivity contribution in [1.29, 1.82) is 0 Å². The van der Waals surface area contributed by atoms with E-state index in [1.165, 1.54) is 54.6 Å². The summed E-state index contributed by atoms with van der Waals surface area (Å²) in [5.74, 6) is -0.473. The van der Waals surface area contributed by atoms with Gasteiger partial charge in [-0.3, -0.25) is 9.78 Å². The molecule has 0 saturated heterocycles. The van der Waals surface area contributed by atoms with Crippen LogP contribution in [0.3, 0.4) is 0 Å². The molecule has 1 aromatic heterocycles. The van der Waals surface area contributed by atoms with E-state index in [0.717, 1.165) is 12.3 Å². The van der Waals surface area contributed by atoms with Gasteiger partial charge in [-0.2, -0.15) is 13.2 Å². The van der Waals surface area contributed by atoms with Crippen LogP contribution in [0, 0.1) is 0 Å². The number of carbonyl (C=O) groups is 2. The summed E-state index contributed by atoms with van der Waals surface area (Å²) in [6, 6.07) is 22.1. The second-order valence-electron chi connectivity index (χ2n) is 9.01. The highest BCUT2D eigenvalue weighted by Gasteiger charge is 2.34. The zero-order chi connectivity index (χ0) is 30.1. The molecule has 1 heterocycles. The molecule has 0 unspecified atom stereocenters. The van der Waals surface area contributed by atoms with Crippen molar-refractivity contribution in [2.24, 2.45) is 0 Å². The molecule has 0 spiro atoms. The number of nitrogens with zero attached hydrogens (tertiary/aromatic N) is 1. The number of fused-ring (bicyclic) bond motifs is 1. The van der Waals surface area contributed by atoms with E-state index in [2.05, 4.69) is 10.3 Å². The van der Waals surface area contributed by atoms with Crippen LogP contribution < -0.4 is 10.0 Å². The number of benzene rings is 4. The quantitative estimate of drug-likeness (QED) is 0.196. The highest BCUT2D eigenvalue weighted by molar-refractivity contribution is 7.90. The fourth-order valence-corrected chi connectivity index (χ4v) is 5.86. The number of urea groups is 1. The molecule has 2 N–H and O–H groups in total. The molecule has 0 saturated carbocycles. The summed E-state index contributed by atoms with van der Waals surface area (Å²) in [6.07, 6.45) is -3.60. The van der Waals surface area contributed by atoms with Gasteiger partial charge in [0.1, 0.15) is 4.90 Å². The highest BCUT2D eigenvalue weighted by Crippen LogP contribution is 2.39. The minimum atomic E-state index is -4.70. The van der Waals surface area contributed by atoms with E-state index >= 15 is 0 Å². The minimum Gasteiger partial charge on any atom is -0.307 e. The van der Waals surface area contributed by atoms with Crippen molar-refractivity contribution in [2.75, 3.05) is 5.32 Å². The van der Waals surface area contributed by atoms with Crippen LogP contribution in [0.5, 0.6) is 0 Å². The first kappa shape index (κ1) is 28.8. The summed E-state index contributed by atoms with van der Waals surface area (Å²) in [5.41, 5.74) is -0.443. The number of amides is 2. The second-order valence-corrected chi connectivity index (χ2v) is 11.1. The Hall–Kier alpha value is -4.74. The molecule has 7 nitrogen and oxygen atoms in total. The van der Waals surface area contributed by atoms with E-state index in [-0.39, 0.29) is 43.2 Å². The third-order valence-electron chi connectivity index (χ3n) is 6.25. The fraction of sp³-hybridized carbons (Fsp3) is 0.0333. The van der Waals surface area contributed by atoms with Crippen molar-refractivity contribution in [2.45, 2.75) is 11.1 Å². The van der Waals surface area contributed by atoms with E-state index < -0.39 is 33.6 Å². The van der Waals surface area contributed by atoms with Gasteiger partial charge in [-0.15, -0.1) is 0 Å². The molecule has 2 amide bonds. The average Bonchev–Trinajstić information content (AvgIpc) is 2.95. The molecule has 12 heteroatoms. The third-order valence-corrected chi connectivity index (χ3v) is 8.08. The Kier molecular flexibility index (Phi) is 7.72. The molecular formula is C30H19ClF3N3O4S. The second kappa shape index (κ2) is 11.3. The maximum atomic E-state index is 13.8. The molecule has 0 aliphatic heterocycles. The summed E-state index contributed by atoms with van der Waals surface area (Å²) >= 11 is 5.96. The number of hydrogen-bond donors (Lipinski definition) is 2. The van der Waals surface area contributed by atoms with Crippen molar-refractivity contribution in [3.8, 4) is 11.1 Å². The average molecular weight is 610 g/mol. The van der Waals surface area contributed by atoms with Gasteiger partial charge >= 0.3 is 12.2 Å².